The number of nitrogens with one attached hydrogen (secondary N) is 1. The van der Waals surface area contributed by atoms with Crippen molar-refractivity contribution in [2.45, 2.75) is 39.8 Å². The lowest BCUT2D eigenvalue weighted by Crippen LogP contribution is -2.31. The molecule has 0 saturated heterocycles. The molecule has 2 aromatic rings. The fourth-order valence-electron chi connectivity index (χ4n) is 2.75. The summed E-state index contributed by atoms with van der Waals surface area (Å²) in [5, 5.41) is 8.19. The molecule has 1 atom stereocenters. The second-order valence-electron chi connectivity index (χ2n) is 5.60. The number of aromatic nitrogens is 3. The van der Waals surface area contributed by atoms with Gasteiger partial charge in [0, 0.05) is 29.6 Å². The SMILES string of the molecule is Cc1nc(C(C)N(C)C(=O)c2n[nH]c3c2COCC3)c(C)s1. The average Bonchev–Trinajstić information content (AvgIpc) is 3.08. The Morgan fingerprint density at radius 2 is 2.23 bits per heavy atom. The van der Waals surface area contributed by atoms with Gasteiger partial charge in [-0.15, -0.1) is 11.3 Å². The van der Waals surface area contributed by atoms with E-state index in [0.29, 0.717) is 18.9 Å². The standard InChI is InChI=1S/C15H20N4O2S/c1-8(13-9(2)22-10(3)16-13)19(4)15(20)14-11-7-21-6-5-12(11)17-18-14/h8H,5-7H2,1-4H3,(H,17,18). The number of carbonyl (C=O) groups is 1. The zero-order valence-electron chi connectivity index (χ0n) is 13.3. The maximum atomic E-state index is 12.8. The Morgan fingerprint density at radius 3 is 2.91 bits per heavy atom. The van der Waals surface area contributed by atoms with E-state index < -0.39 is 0 Å². The number of carbonyl (C=O) groups excluding carboxylic acids is 1. The lowest BCUT2D eigenvalue weighted by atomic mass is 10.1. The highest BCUT2D eigenvalue weighted by atomic mass is 32.1. The van der Waals surface area contributed by atoms with Crippen LogP contribution in [0.2, 0.25) is 0 Å². The molecule has 1 aliphatic heterocycles. The highest BCUT2D eigenvalue weighted by Crippen LogP contribution is 2.28. The molecule has 1 aliphatic rings. The molecule has 0 spiro atoms. The molecule has 0 fully saturated rings. The van der Waals surface area contributed by atoms with Crippen LogP contribution >= 0.6 is 11.3 Å². The number of amides is 1. The molecule has 3 rings (SSSR count). The van der Waals surface area contributed by atoms with Gasteiger partial charge in [-0.05, 0) is 20.8 Å². The van der Waals surface area contributed by atoms with Crippen molar-refractivity contribution in [2.24, 2.45) is 0 Å². The zero-order chi connectivity index (χ0) is 15.9. The summed E-state index contributed by atoms with van der Waals surface area (Å²) < 4.78 is 5.45. The van der Waals surface area contributed by atoms with Gasteiger partial charge in [-0.3, -0.25) is 9.89 Å². The van der Waals surface area contributed by atoms with Crippen molar-refractivity contribution < 1.29 is 9.53 Å². The number of ether oxygens (including phenoxy) is 1. The van der Waals surface area contributed by atoms with Crippen LogP contribution in [0.5, 0.6) is 0 Å². The van der Waals surface area contributed by atoms with Gasteiger partial charge < -0.3 is 9.64 Å². The second kappa shape index (κ2) is 5.81. The molecular weight excluding hydrogens is 300 g/mol. The van der Waals surface area contributed by atoms with E-state index in [1.807, 2.05) is 20.8 Å². The van der Waals surface area contributed by atoms with Gasteiger partial charge in [0.05, 0.1) is 30.0 Å². The molecule has 0 aliphatic carbocycles. The van der Waals surface area contributed by atoms with Crippen LogP contribution in [0.4, 0.5) is 0 Å². The van der Waals surface area contributed by atoms with Crippen LogP contribution in [-0.4, -0.2) is 39.6 Å². The number of aromatic amines is 1. The van der Waals surface area contributed by atoms with Crippen LogP contribution in [0, 0.1) is 13.8 Å². The Balaban J connectivity index is 1.85. The van der Waals surface area contributed by atoms with E-state index in [2.05, 4.69) is 15.2 Å². The minimum atomic E-state index is -0.0967. The molecule has 6 nitrogen and oxygen atoms in total. The first-order valence-corrected chi connectivity index (χ1v) is 8.15. The van der Waals surface area contributed by atoms with Crippen molar-refractivity contribution in [2.75, 3.05) is 13.7 Å². The molecule has 1 amide bonds. The lowest BCUT2D eigenvalue weighted by molar-refractivity contribution is 0.0720. The molecule has 0 aromatic carbocycles. The molecule has 1 unspecified atom stereocenters. The highest BCUT2D eigenvalue weighted by Gasteiger charge is 2.28. The predicted molar refractivity (Wildman–Crippen MR) is 84.0 cm³/mol. The fourth-order valence-corrected chi connectivity index (χ4v) is 3.66. The Bertz CT molecular complexity index is 706. The Hall–Kier alpha value is -1.73. The number of H-pyrrole nitrogens is 1. The molecule has 3 heterocycles. The Labute approximate surface area is 133 Å². The maximum absolute atomic E-state index is 12.8. The summed E-state index contributed by atoms with van der Waals surface area (Å²) in [5.41, 5.74) is 3.32. The number of hydrogen-bond donors (Lipinski definition) is 1. The van der Waals surface area contributed by atoms with Crippen molar-refractivity contribution in [3.63, 3.8) is 0 Å². The molecule has 2 aromatic heterocycles. The van der Waals surface area contributed by atoms with Gasteiger partial charge in [-0.25, -0.2) is 4.98 Å². The summed E-state index contributed by atoms with van der Waals surface area (Å²) in [4.78, 5) is 20.2. The van der Waals surface area contributed by atoms with Crippen molar-refractivity contribution in [3.8, 4) is 0 Å². The number of fused-ring (bicyclic) bond motifs is 1. The van der Waals surface area contributed by atoms with Crippen LogP contribution in [0.15, 0.2) is 0 Å². The van der Waals surface area contributed by atoms with Gasteiger partial charge in [0.1, 0.15) is 0 Å². The summed E-state index contributed by atoms with van der Waals surface area (Å²) in [6.45, 7) is 7.14. The topological polar surface area (TPSA) is 71.1 Å². The first-order valence-electron chi connectivity index (χ1n) is 7.34. The molecule has 0 radical (unpaired) electrons. The summed E-state index contributed by atoms with van der Waals surface area (Å²) in [7, 11) is 1.80. The van der Waals surface area contributed by atoms with E-state index >= 15 is 0 Å². The molecule has 0 bridgehead atoms. The molecule has 22 heavy (non-hydrogen) atoms. The predicted octanol–water partition coefficient (Wildman–Crippen LogP) is 2.39. The van der Waals surface area contributed by atoms with E-state index in [0.717, 1.165) is 33.3 Å². The third-order valence-corrected chi connectivity index (χ3v) is 5.04. The van der Waals surface area contributed by atoms with Crippen molar-refractivity contribution in [1.82, 2.24) is 20.1 Å². The maximum Gasteiger partial charge on any atom is 0.275 e. The Kier molecular flexibility index (Phi) is 4.01. The fraction of sp³-hybridized carbons (Fsp3) is 0.533. The molecule has 7 heteroatoms. The summed E-state index contributed by atoms with van der Waals surface area (Å²) >= 11 is 1.66. The Morgan fingerprint density at radius 1 is 1.45 bits per heavy atom. The largest absolute Gasteiger partial charge is 0.376 e. The summed E-state index contributed by atoms with van der Waals surface area (Å²) in [6, 6.07) is -0.0886. The lowest BCUT2D eigenvalue weighted by Gasteiger charge is -2.24. The number of hydrogen-bond acceptors (Lipinski definition) is 5. The smallest absolute Gasteiger partial charge is 0.275 e. The molecule has 0 saturated carbocycles. The molecule has 118 valence electrons. The third-order valence-electron chi connectivity index (χ3n) is 4.13. The number of aryl methyl sites for hydroxylation is 2. The van der Waals surface area contributed by atoms with E-state index in [1.165, 1.54) is 0 Å². The van der Waals surface area contributed by atoms with Crippen molar-refractivity contribution >= 4 is 17.2 Å². The number of thiazole rings is 1. The molecule has 1 N–H and O–H groups in total. The van der Waals surface area contributed by atoms with Crippen molar-refractivity contribution in [3.05, 3.63) is 32.5 Å². The first-order chi connectivity index (χ1) is 10.5. The highest BCUT2D eigenvalue weighted by molar-refractivity contribution is 7.11. The van der Waals surface area contributed by atoms with Gasteiger partial charge in [0.25, 0.3) is 5.91 Å². The monoisotopic (exact) mass is 320 g/mol. The van der Waals surface area contributed by atoms with Crippen LogP contribution in [-0.2, 0) is 17.8 Å². The average molecular weight is 320 g/mol. The van der Waals surface area contributed by atoms with Crippen LogP contribution in [0.1, 0.15) is 50.3 Å². The normalized spacial score (nSPS) is 15.5. The minimum Gasteiger partial charge on any atom is -0.376 e. The minimum absolute atomic E-state index is 0.0886. The second-order valence-corrected chi connectivity index (χ2v) is 7.01. The van der Waals surface area contributed by atoms with Crippen molar-refractivity contribution in [1.29, 1.82) is 0 Å². The van der Waals surface area contributed by atoms with E-state index in [1.54, 1.807) is 23.3 Å². The number of rotatable bonds is 3. The zero-order valence-corrected chi connectivity index (χ0v) is 14.1. The van der Waals surface area contributed by atoms with Crippen LogP contribution < -0.4 is 0 Å². The van der Waals surface area contributed by atoms with E-state index in [9.17, 15) is 4.79 Å². The van der Waals surface area contributed by atoms with E-state index in [-0.39, 0.29) is 11.9 Å². The van der Waals surface area contributed by atoms with Gasteiger partial charge in [0.15, 0.2) is 5.69 Å². The van der Waals surface area contributed by atoms with Crippen LogP contribution in [0.3, 0.4) is 0 Å². The van der Waals surface area contributed by atoms with Gasteiger partial charge >= 0.3 is 0 Å². The summed E-state index contributed by atoms with van der Waals surface area (Å²) in [5.74, 6) is -0.0967. The summed E-state index contributed by atoms with van der Waals surface area (Å²) in [6.07, 6.45) is 0.777. The van der Waals surface area contributed by atoms with Gasteiger partial charge in [-0.2, -0.15) is 5.10 Å². The van der Waals surface area contributed by atoms with Crippen LogP contribution in [0.25, 0.3) is 0 Å². The quantitative estimate of drug-likeness (QED) is 0.942. The molecular formula is C15H20N4O2S. The van der Waals surface area contributed by atoms with E-state index in [4.69, 9.17) is 4.74 Å². The number of nitrogens with zero attached hydrogens (tertiary/aromatic N) is 3. The van der Waals surface area contributed by atoms with Gasteiger partial charge in [-0.1, -0.05) is 0 Å². The first kappa shape index (κ1) is 15.2. The third kappa shape index (κ3) is 2.55. The van der Waals surface area contributed by atoms with Gasteiger partial charge in [0.2, 0.25) is 0 Å².